The molecule has 3 heteroatoms. The Hall–Kier alpha value is -1.02. The van der Waals surface area contributed by atoms with Crippen LogP contribution in [0.3, 0.4) is 0 Å². The van der Waals surface area contributed by atoms with Crippen LogP contribution in [-0.2, 0) is 6.42 Å². The fraction of sp³-hybridized carbons (Fsp3) is 0.533. The average Bonchev–Trinajstić information content (AvgIpc) is 2.88. The Balaban J connectivity index is 2.06. The molecule has 0 bridgehead atoms. The number of benzene rings is 1. The first kappa shape index (κ1) is 13.4. The Morgan fingerprint density at radius 3 is 2.39 bits per heavy atom. The second kappa shape index (κ2) is 5.75. The number of aryl methyl sites for hydroxylation is 1. The van der Waals surface area contributed by atoms with E-state index in [2.05, 4.69) is 12.2 Å². The van der Waals surface area contributed by atoms with E-state index in [1.165, 1.54) is 5.56 Å². The molecule has 1 aliphatic carbocycles. The van der Waals surface area contributed by atoms with Crippen molar-refractivity contribution in [3.63, 3.8) is 0 Å². The second-order valence-corrected chi connectivity index (χ2v) is 5.39. The number of halogens is 1. The Morgan fingerprint density at radius 1 is 1.28 bits per heavy atom. The zero-order valence-electron chi connectivity index (χ0n) is 10.8. The van der Waals surface area contributed by atoms with Gasteiger partial charge in [0, 0.05) is 11.4 Å². The van der Waals surface area contributed by atoms with Gasteiger partial charge in [-0.25, -0.2) is 0 Å². The molecule has 2 nitrogen and oxygen atoms in total. The maximum Gasteiger partial charge on any atom is 0.251 e. The molecule has 18 heavy (non-hydrogen) atoms. The molecule has 0 aliphatic heterocycles. The lowest BCUT2D eigenvalue weighted by molar-refractivity contribution is 0.0909. The highest BCUT2D eigenvalue weighted by Gasteiger charge is 2.34. The summed E-state index contributed by atoms with van der Waals surface area (Å²) in [6.07, 6.45) is 5.29. The average molecular weight is 266 g/mol. The number of hydrogen-bond acceptors (Lipinski definition) is 1. The minimum Gasteiger partial charge on any atom is -0.345 e. The molecule has 1 aromatic carbocycles. The summed E-state index contributed by atoms with van der Waals surface area (Å²) < 4.78 is 0. The van der Waals surface area contributed by atoms with Gasteiger partial charge in [0.15, 0.2) is 0 Å². The number of hydrogen-bond donors (Lipinski definition) is 1. The van der Waals surface area contributed by atoms with Crippen molar-refractivity contribution >= 4 is 17.5 Å². The number of carbonyl (C=O) groups is 1. The first-order valence-electron chi connectivity index (χ1n) is 6.66. The van der Waals surface area contributed by atoms with Gasteiger partial charge < -0.3 is 5.32 Å². The van der Waals surface area contributed by atoms with Gasteiger partial charge in [-0.05, 0) is 37.0 Å². The number of carbonyl (C=O) groups excluding carboxylic acids is 1. The maximum atomic E-state index is 12.2. The second-order valence-electron chi connectivity index (χ2n) is 5.13. The van der Waals surface area contributed by atoms with Gasteiger partial charge in [0.2, 0.25) is 0 Å². The Morgan fingerprint density at radius 2 is 1.89 bits per heavy atom. The van der Waals surface area contributed by atoms with E-state index < -0.39 is 0 Å². The van der Waals surface area contributed by atoms with Crippen molar-refractivity contribution in [2.24, 2.45) is 0 Å². The van der Waals surface area contributed by atoms with E-state index in [0.29, 0.717) is 5.88 Å². The van der Waals surface area contributed by atoms with Gasteiger partial charge in [0.1, 0.15) is 0 Å². The van der Waals surface area contributed by atoms with Crippen LogP contribution in [0, 0.1) is 0 Å². The number of rotatable bonds is 4. The summed E-state index contributed by atoms with van der Waals surface area (Å²) in [5.74, 6) is 0.506. The van der Waals surface area contributed by atoms with E-state index in [9.17, 15) is 4.79 Å². The van der Waals surface area contributed by atoms with Crippen LogP contribution < -0.4 is 5.32 Å². The molecule has 98 valence electrons. The lowest BCUT2D eigenvalue weighted by Crippen LogP contribution is -2.47. The van der Waals surface area contributed by atoms with E-state index >= 15 is 0 Å². The summed E-state index contributed by atoms with van der Waals surface area (Å²) in [7, 11) is 0. The van der Waals surface area contributed by atoms with Gasteiger partial charge in [0.25, 0.3) is 5.91 Å². The van der Waals surface area contributed by atoms with Gasteiger partial charge >= 0.3 is 0 Å². The number of amides is 1. The minimum atomic E-state index is -0.179. The van der Waals surface area contributed by atoms with Gasteiger partial charge in [-0.2, -0.15) is 0 Å². The van der Waals surface area contributed by atoms with E-state index in [4.69, 9.17) is 11.6 Å². The normalized spacial score (nSPS) is 17.7. The molecular weight excluding hydrogens is 246 g/mol. The third-order valence-electron chi connectivity index (χ3n) is 3.82. The molecule has 0 spiro atoms. The molecule has 0 atom stereocenters. The highest BCUT2D eigenvalue weighted by Crippen LogP contribution is 2.31. The van der Waals surface area contributed by atoms with Crippen molar-refractivity contribution in [2.75, 3.05) is 5.88 Å². The van der Waals surface area contributed by atoms with Crippen molar-refractivity contribution < 1.29 is 4.79 Å². The first-order chi connectivity index (χ1) is 8.69. The number of alkyl halides is 1. The van der Waals surface area contributed by atoms with Gasteiger partial charge in [0.05, 0.1) is 5.54 Å². The summed E-state index contributed by atoms with van der Waals surface area (Å²) in [5, 5.41) is 3.12. The van der Waals surface area contributed by atoms with Crippen molar-refractivity contribution in [3.8, 4) is 0 Å². The quantitative estimate of drug-likeness (QED) is 0.829. The predicted octanol–water partition coefficient (Wildman–Crippen LogP) is 3.53. The van der Waals surface area contributed by atoms with Crippen molar-refractivity contribution in [1.29, 1.82) is 0 Å². The molecule has 1 N–H and O–H groups in total. The summed E-state index contributed by atoms with van der Waals surface area (Å²) in [6.45, 7) is 2.11. The highest BCUT2D eigenvalue weighted by molar-refractivity contribution is 6.19. The molecule has 1 amide bonds. The lowest BCUT2D eigenvalue weighted by Gasteiger charge is -2.27. The van der Waals surface area contributed by atoms with E-state index in [0.717, 1.165) is 37.7 Å². The Labute approximate surface area is 114 Å². The van der Waals surface area contributed by atoms with Gasteiger partial charge in [-0.15, -0.1) is 11.6 Å². The van der Waals surface area contributed by atoms with Crippen LogP contribution in [0.25, 0.3) is 0 Å². The topological polar surface area (TPSA) is 29.1 Å². The summed E-state index contributed by atoms with van der Waals surface area (Å²) >= 11 is 6.03. The van der Waals surface area contributed by atoms with E-state index in [-0.39, 0.29) is 11.4 Å². The molecule has 0 unspecified atom stereocenters. The minimum absolute atomic E-state index is 0.000188. The van der Waals surface area contributed by atoms with Gasteiger partial charge in [-0.3, -0.25) is 4.79 Å². The predicted molar refractivity (Wildman–Crippen MR) is 75.2 cm³/mol. The third kappa shape index (κ3) is 2.86. The molecule has 0 saturated heterocycles. The Kier molecular flexibility index (Phi) is 4.28. The fourth-order valence-corrected chi connectivity index (χ4v) is 2.88. The van der Waals surface area contributed by atoms with Crippen LogP contribution in [0.4, 0.5) is 0 Å². The lowest BCUT2D eigenvalue weighted by atomic mass is 9.99. The number of nitrogens with one attached hydrogen (secondary N) is 1. The summed E-state index contributed by atoms with van der Waals surface area (Å²) in [4.78, 5) is 12.2. The van der Waals surface area contributed by atoms with Crippen LogP contribution in [0.1, 0.15) is 48.5 Å². The maximum absolute atomic E-state index is 12.2. The molecule has 0 radical (unpaired) electrons. The van der Waals surface area contributed by atoms with E-state index in [1.54, 1.807) is 0 Å². The standard InChI is InChI=1S/C15H20ClNO/c1-2-12-5-7-13(8-6-12)14(18)17-15(11-16)9-3-4-10-15/h5-8H,2-4,9-11H2,1H3,(H,17,18). The smallest absolute Gasteiger partial charge is 0.251 e. The molecule has 1 saturated carbocycles. The molecule has 0 aromatic heterocycles. The summed E-state index contributed by atoms with van der Waals surface area (Å²) in [5.41, 5.74) is 1.80. The van der Waals surface area contributed by atoms with E-state index in [1.807, 2.05) is 24.3 Å². The molecule has 0 heterocycles. The monoisotopic (exact) mass is 265 g/mol. The molecule has 2 rings (SSSR count). The zero-order valence-corrected chi connectivity index (χ0v) is 11.6. The van der Waals surface area contributed by atoms with Crippen LogP contribution in [-0.4, -0.2) is 17.3 Å². The van der Waals surface area contributed by atoms with Crippen molar-refractivity contribution in [1.82, 2.24) is 5.32 Å². The van der Waals surface area contributed by atoms with Gasteiger partial charge in [-0.1, -0.05) is 31.9 Å². The SMILES string of the molecule is CCc1ccc(C(=O)NC2(CCl)CCCC2)cc1. The van der Waals surface area contributed by atoms with Crippen molar-refractivity contribution in [3.05, 3.63) is 35.4 Å². The highest BCUT2D eigenvalue weighted by atomic mass is 35.5. The third-order valence-corrected chi connectivity index (χ3v) is 4.33. The van der Waals surface area contributed by atoms with Crippen LogP contribution >= 0.6 is 11.6 Å². The first-order valence-corrected chi connectivity index (χ1v) is 7.20. The van der Waals surface area contributed by atoms with Crippen LogP contribution in [0.2, 0.25) is 0 Å². The largest absolute Gasteiger partial charge is 0.345 e. The molecule has 1 aromatic rings. The van der Waals surface area contributed by atoms with Crippen molar-refractivity contribution in [2.45, 2.75) is 44.6 Å². The zero-order chi connectivity index (χ0) is 13.0. The van der Waals surface area contributed by atoms with Crippen LogP contribution in [0.15, 0.2) is 24.3 Å². The molecular formula is C15H20ClNO. The van der Waals surface area contributed by atoms with Crippen LogP contribution in [0.5, 0.6) is 0 Å². The summed E-state index contributed by atoms with van der Waals surface area (Å²) in [6, 6.07) is 7.81. The fourth-order valence-electron chi connectivity index (χ4n) is 2.55. The molecule has 1 fully saturated rings. The Bertz CT molecular complexity index is 407. The molecule has 1 aliphatic rings.